The van der Waals surface area contributed by atoms with Crippen molar-refractivity contribution < 1.29 is 0 Å². The van der Waals surface area contributed by atoms with E-state index in [4.69, 9.17) is 0 Å². The molecule has 1 N–H and O–H groups in total. The van der Waals surface area contributed by atoms with Crippen LogP contribution < -0.4 is 5.32 Å². The molecule has 1 aromatic carbocycles. The molecule has 1 nitrogen and oxygen atoms in total. The number of rotatable bonds is 5. The number of hydrogen-bond donors (Lipinski definition) is 1. The van der Waals surface area contributed by atoms with E-state index >= 15 is 0 Å². The minimum atomic E-state index is 0.258. The maximum absolute atomic E-state index is 3.68. The second-order valence-corrected chi connectivity index (χ2v) is 8.56. The van der Waals surface area contributed by atoms with E-state index in [2.05, 4.69) is 82.2 Å². The number of benzene rings is 1. The van der Waals surface area contributed by atoms with Gasteiger partial charge in [0.1, 0.15) is 0 Å². The van der Waals surface area contributed by atoms with Crippen LogP contribution in [0.1, 0.15) is 41.0 Å². The fraction of sp³-hybridized carbons (Fsp3) is 0.375. The Hall–Kier alpha value is -0.160. The van der Waals surface area contributed by atoms with Gasteiger partial charge in [-0.2, -0.15) is 0 Å². The van der Waals surface area contributed by atoms with Gasteiger partial charge in [0.05, 0.1) is 9.83 Å². The summed E-state index contributed by atoms with van der Waals surface area (Å²) in [6, 6.07) is 9.13. The summed E-state index contributed by atoms with van der Waals surface area (Å²) in [5.41, 5.74) is 3.97. The van der Waals surface area contributed by atoms with Crippen LogP contribution in [0.2, 0.25) is 0 Å². The molecule has 0 aliphatic rings. The maximum atomic E-state index is 3.68. The molecule has 2 rings (SSSR count). The molecule has 0 aliphatic carbocycles. The van der Waals surface area contributed by atoms with Gasteiger partial charge >= 0.3 is 0 Å². The van der Waals surface area contributed by atoms with Crippen LogP contribution in [0.25, 0.3) is 0 Å². The van der Waals surface area contributed by atoms with Crippen molar-refractivity contribution in [2.24, 2.45) is 0 Å². The van der Waals surface area contributed by atoms with Gasteiger partial charge in [-0.3, -0.25) is 0 Å². The second kappa shape index (κ2) is 7.21. The zero-order valence-corrected chi connectivity index (χ0v) is 16.0. The molecule has 0 spiro atoms. The number of thiophene rings is 1. The van der Waals surface area contributed by atoms with Crippen LogP contribution in [0.5, 0.6) is 0 Å². The zero-order chi connectivity index (χ0) is 14.7. The molecule has 0 radical (unpaired) electrons. The number of aryl methyl sites for hydroxylation is 2. The van der Waals surface area contributed by atoms with Crippen molar-refractivity contribution in [3.05, 3.63) is 54.1 Å². The minimum Gasteiger partial charge on any atom is -0.306 e. The second-order valence-electron chi connectivity index (χ2n) is 5.01. The summed E-state index contributed by atoms with van der Waals surface area (Å²) in [7, 11) is 0. The molecular formula is C16H19Br2NS. The van der Waals surface area contributed by atoms with Gasteiger partial charge < -0.3 is 5.32 Å². The van der Waals surface area contributed by atoms with Crippen LogP contribution in [-0.2, 0) is 0 Å². The highest BCUT2D eigenvalue weighted by atomic mass is 79.9. The largest absolute Gasteiger partial charge is 0.306 e. The van der Waals surface area contributed by atoms with Crippen LogP contribution in [0.15, 0.2) is 32.5 Å². The number of halogens is 2. The van der Waals surface area contributed by atoms with Gasteiger partial charge in [-0.25, -0.2) is 0 Å². The molecule has 0 aliphatic heterocycles. The summed E-state index contributed by atoms with van der Waals surface area (Å²) < 4.78 is 2.34. The SMILES string of the molecule is CCCNC(c1cc(C)cc(Br)c1)c1cc(Br)sc1C. The van der Waals surface area contributed by atoms with Gasteiger partial charge in [-0.15, -0.1) is 11.3 Å². The first-order chi connectivity index (χ1) is 9.51. The molecular weight excluding hydrogens is 398 g/mol. The van der Waals surface area contributed by atoms with Crippen molar-refractivity contribution in [2.75, 3.05) is 6.54 Å². The Morgan fingerprint density at radius 3 is 2.45 bits per heavy atom. The molecule has 108 valence electrons. The van der Waals surface area contributed by atoms with Crippen molar-refractivity contribution in [3.8, 4) is 0 Å². The van der Waals surface area contributed by atoms with Crippen molar-refractivity contribution in [1.29, 1.82) is 0 Å². The normalized spacial score (nSPS) is 12.7. The average Bonchev–Trinajstić information content (AvgIpc) is 2.68. The van der Waals surface area contributed by atoms with E-state index in [1.165, 1.54) is 25.4 Å². The van der Waals surface area contributed by atoms with Crippen molar-refractivity contribution >= 4 is 43.2 Å². The van der Waals surface area contributed by atoms with Crippen LogP contribution in [-0.4, -0.2) is 6.54 Å². The van der Waals surface area contributed by atoms with E-state index in [0.717, 1.165) is 17.4 Å². The summed E-state index contributed by atoms with van der Waals surface area (Å²) in [5.74, 6) is 0. The topological polar surface area (TPSA) is 12.0 Å². The van der Waals surface area contributed by atoms with Gasteiger partial charge in [0.15, 0.2) is 0 Å². The van der Waals surface area contributed by atoms with E-state index in [0.29, 0.717) is 0 Å². The molecule has 20 heavy (non-hydrogen) atoms. The Balaban J connectivity index is 2.43. The lowest BCUT2D eigenvalue weighted by Crippen LogP contribution is -2.23. The smallest absolute Gasteiger partial charge is 0.0704 e. The molecule has 1 heterocycles. The lowest BCUT2D eigenvalue weighted by Gasteiger charge is -2.20. The van der Waals surface area contributed by atoms with Crippen LogP contribution in [0, 0.1) is 13.8 Å². The summed E-state index contributed by atoms with van der Waals surface area (Å²) in [6.07, 6.45) is 1.13. The molecule has 1 unspecified atom stereocenters. The highest BCUT2D eigenvalue weighted by Gasteiger charge is 2.18. The third kappa shape index (κ3) is 3.94. The molecule has 4 heteroatoms. The summed E-state index contributed by atoms with van der Waals surface area (Å²) in [5, 5.41) is 3.68. The predicted molar refractivity (Wildman–Crippen MR) is 95.8 cm³/mol. The first-order valence-electron chi connectivity index (χ1n) is 6.77. The van der Waals surface area contributed by atoms with Crippen molar-refractivity contribution in [2.45, 2.75) is 33.2 Å². The minimum absolute atomic E-state index is 0.258. The lowest BCUT2D eigenvalue weighted by atomic mass is 9.98. The van der Waals surface area contributed by atoms with Crippen molar-refractivity contribution in [1.82, 2.24) is 5.32 Å². The van der Waals surface area contributed by atoms with Gasteiger partial charge in [0.25, 0.3) is 0 Å². The highest BCUT2D eigenvalue weighted by molar-refractivity contribution is 9.11. The van der Waals surface area contributed by atoms with Gasteiger partial charge in [-0.1, -0.05) is 28.9 Å². The van der Waals surface area contributed by atoms with Gasteiger partial charge in [0.2, 0.25) is 0 Å². The first-order valence-corrected chi connectivity index (χ1v) is 9.17. The van der Waals surface area contributed by atoms with Crippen LogP contribution in [0.3, 0.4) is 0 Å². The molecule has 0 bridgehead atoms. The quantitative estimate of drug-likeness (QED) is 0.632. The standard InChI is InChI=1S/C16H19Br2NS/c1-4-5-19-16(14-9-15(18)20-11(14)3)12-6-10(2)7-13(17)8-12/h6-9,16,19H,4-5H2,1-3H3. The molecule has 1 aromatic heterocycles. The predicted octanol–water partition coefficient (Wildman–Crippen LogP) is 5.98. The monoisotopic (exact) mass is 415 g/mol. The average molecular weight is 417 g/mol. The van der Waals surface area contributed by atoms with E-state index in [9.17, 15) is 0 Å². The van der Waals surface area contributed by atoms with E-state index in [1.807, 2.05) is 0 Å². The maximum Gasteiger partial charge on any atom is 0.0704 e. The van der Waals surface area contributed by atoms with E-state index in [-0.39, 0.29) is 6.04 Å². The molecule has 0 saturated carbocycles. The Morgan fingerprint density at radius 2 is 1.90 bits per heavy atom. The van der Waals surface area contributed by atoms with E-state index < -0.39 is 0 Å². The Bertz CT molecular complexity index is 572. The third-order valence-corrected chi connectivity index (χ3v) is 5.26. The molecule has 0 amide bonds. The molecule has 1 atom stereocenters. The summed E-state index contributed by atoms with van der Waals surface area (Å²) in [6.45, 7) is 7.55. The molecule has 0 saturated heterocycles. The van der Waals surface area contributed by atoms with Crippen LogP contribution >= 0.6 is 43.2 Å². The lowest BCUT2D eigenvalue weighted by molar-refractivity contribution is 0.597. The first kappa shape index (κ1) is 16.2. The fourth-order valence-corrected chi connectivity index (χ4v) is 4.75. The Morgan fingerprint density at radius 1 is 1.15 bits per heavy atom. The Labute approximate surface area is 142 Å². The fourth-order valence-electron chi connectivity index (χ4n) is 2.37. The third-order valence-electron chi connectivity index (χ3n) is 3.23. The summed E-state index contributed by atoms with van der Waals surface area (Å²) in [4.78, 5) is 1.36. The number of hydrogen-bond acceptors (Lipinski definition) is 2. The van der Waals surface area contributed by atoms with Crippen LogP contribution in [0.4, 0.5) is 0 Å². The highest BCUT2D eigenvalue weighted by Crippen LogP contribution is 2.34. The Kier molecular flexibility index (Phi) is 5.84. The van der Waals surface area contributed by atoms with Gasteiger partial charge in [0, 0.05) is 9.35 Å². The van der Waals surface area contributed by atoms with E-state index in [1.54, 1.807) is 11.3 Å². The summed E-state index contributed by atoms with van der Waals surface area (Å²) >= 11 is 9.01. The molecule has 0 fully saturated rings. The zero-order valence-electron chi connectivity index (χ0n) is 12.0. The van der Waals surface area contributed by atoms with Crippen molar-refractivity contribution in [3.63, 3.8) is 0 Å². The molecule has 2 aromatic rings. The van der Waals surface area contributed by atoms with Gasteiger partial charge in [-0.05, 0) is 77.6 Å². The number of nitrogens with one attached hydrogen (secondary N) is 1.